The summed E-state index contributed by atoms with van der Waals surface area (Å²) in [6.45, 7) is -0.0271. The van der Waals surface area contributed by atoms with Gasteiger partial charge in [0.2, 0.25) is 0 Å². The molecule has 0 saturated carbocycles. The lowest BCUT2D eigenvalue weighted by Gasteiger charge is -2.17. The maximum absolute atomic E-state index is 12.0. The van der Waals surface area contributed by atoms with Crippen LogP contribution in [0.25, 0.3) is 0 Å². The molecule has 0 fully saturated rings. The summed E-state index contributed by atoms with van der Waals surface area (Å²) < 4.78 is 31.8. The van der Waals surface area contributed by atoms with Crippen molar-refractivity contribution in [2.75, 3.05) is 25.4 Å². The number of hydrogen-bond acceptors (Lipinski definition) is 5. The zero-order valence-corrected chi connectivity index (χ0v) is 13.0. The summed E-state index contributed by atoms with van der Waals surface area (Å²) in [6, 6.07) is 6.05. The molecule has 9 heteroatoms. The lowest BCUT2D eigenvalue weighted by molar-refractivity contribution is -0.140. The molecule has 0 bridgehead atoms. The molecule has 0 atom stereocenters. The summed E-state index contributed by atoms with van der Waals surface area (Å²) in [5, 5.41) is 9.09. The number of esters is 1. The van der Waals surface area contributed by atoms with Gasteiger partial charge in [-0.25, -0.2) is 0 Å². The second-order valence-electron chi connectivity index (χ2n) is 4.06. The molecular formula is C12H14ClN3O4S. The van der Waals surface area contributed by atoms with Crippen molar-refractivity contribution < 1.29 is 17.9 Å². The third-order valence-electron chi connectivity index (χ3n) is 2.60. The van der Waals surface area contributed by atoms with Crippen LogP contribution in [-0.4, -0.2) is 39.4 Å². The number of benzene rings is 1. The fourth-order valence-corrected chi connectivity index (χ4v) is 2.44. The molecular weight excluding hydrogens is 318 g/mol. The van der Waals surface area contributed by atoms with E-state index in [0.717, 1.165) is 4.31 Å². The molecule has 114 valence electrons. The highest BCUT2D eigenvalue weighted by molar-refractivity contribution is 7.90. The summed E-state index contributed by atoms with van der Waals surface area (Å²) in [7, 11) is -1.28. The van der Waals surface area contributed by atoms with Gasteiger partial charge in [-0.2, -0.15) is 18.0 Å². The summed E-state index contributed by atoms with van der Waals surface area (Å²) in [6.07, 6.45) is -0.0576. The van der Waals surface area contributed by atoms with Gasteiger partial charge in [-0.15, -0.1) is 0 Å². The van der Waals surface area contributed by atoms with Crippen LogP contribution in [0, 0.1) is 11.3 Å². The largest absolute Gasteiger partial charge is 0.469 e. The van der Waals surface area contributed by atoms with Gasteiger partial charge >= 0.3 is 16.2 Å². The Labute approximate surface area is 128 Å². The fraction of sp³-hybridized carbons (Fsp3) is 0.333. The van der Waals surface area contributed by atoms with Crippen LogP contribution in [0.15, 0.2) is 18.2 Å². The highest BCUT2D eigenvalue weighted by Gasteiger charge is 2.19. The van der Waals surface area contributed by atoms with Crippen LogP contribution in [0.1, 0.15) is 12.0 Å². The van der Waals surface area contributed by atoms with Crippen LogP contribution in [-0.2, 0) is 19.7 Å². The van der Waals surface area contributed by atoms with Gasteiger partial charge in [0.05, 0.1) is 29.8 Å². The molecule has 0 heterocycles. The Morgan fingerprint density at radius 2 is 2.19 bits per heavy atom. The lowest BCUT2D eigenvalue weighted by atomic mass is 10.2. The first-order valence-electron chi connectivity index (χ1n) is 5.80. The number of nitriles is 1. The molecule has 0 aromatic heterocycles. The second kappa shape index (κ2) is 7.26. The Hall–Kier alpha value is -1.82. The van der Waals surface area contributed by atoms with Crippen LogP contribution in [0.3, 0.4) is 0 Å². The SMILES string of the molecule is COC(=O)CCN(C)S(=O)(=O)Nc1ccc(Cl)c(C#N)c1. The van der Waals surface area contributed by atoms with Crippen LogP contribution in [0.2, 0.25) is 5.02 Å². The van der Waals surface area contributed by atoms with Crippen molar-refractivity contribution in [2.24, 2.45) is 0 Å². The number of nitrogens with one attached hydrogen (secondary N) is 1. The maximum Gasteiger partial charge on any atom is 0.306 e. The van der Waals surface area contributed by atoms with Gasteiger partial charge in [0.25, 0.3) is 0 Å². The first-order valence-corrected chi connectivity index (χ1v) is 7.62. The van der Waals surface area contributed by atoms with Crippen molar-refractivity contribution >= 4 is 33.5 Å². The Bertz CT molecular complexity index is 670. The first kappa shape index (κ1) is 17.2. The van der Waals surface area contributed by atoms with Gasteiger partial charge in [-0.3, -0.25) is 9.52 Å². The van der Waals surface area contributed by atoms with E-state index in [4.69, 9.17) is 16.9 Å². The Balaban J connectivity index is 2.80. The predicted octanol–water partition coefficient (Wildman–Crippen LogP) is 1.36. The predicted molar refractivity (Wildman–Crippen MR) is 78.0 cm³/mol. The number of ether oxygens (including phenoxy) is 1. The highest BCUT2D eigenvalue weighted by atomic mass is 35.5. The van der Waals surface area contributed by atoms with Gasteiger partial charge in [0.15, 0.2) is 0 Å². The number of rotatable bonds is 6. The highest BCUT2D eigenvalue weighted by Crippen LogP contribution is 2.20. The zero-order chi connectivity index (χ0) is 16.0. The van der Waals surface area contributed by atoms with Crippen molar-refractivity contribution in [3.63, 3.8) is 0 Å². The van der Waals surface area contributed by atoms with Crippen LogP contribution < -0.4 is 4.72 Å². The smallest absolute Gasteiger partial charge is 0.306 e. The number of nitrogens with zero attached hydrogens (tertiary/aromatic N) is 2. The number of methoxy groups -OCH3 is 1. The third-order valence-corrected chi connectivity index (χ3v) is 4.43. The second-order valence-corrected chi connectivity index (χ2v) is 6.25. The molecule has 0 radical (unpaired) electrons. The molecule has 0 aliphatic heterocycles. The van der Waals surface area contributed by atoms with E-state index < -0.39 is 16.2 Å². The van der Waals surface area contributed by atoms with Crippen molar-refractivity contribution in [1.29, 1.82) is 5.26 Å². The number of anilines is 1. The van der Waals surface area contributed by atoms with Gasteiger partial charge in [-0.1, -0.05) is 11.6 Å². The fourth-order valence-electron chi connectivity index (χ4n) is 1.37. The van der Waals surface area contributed by atoms with Crippen LogP contribution >= 0.6 is 11.6 Å². The van der Waals surface area contributed by atoms with E-state index >= 15 is 0 Å². The number of carbonyl (C=O) groups excluding carboxylic acids is 1. The number of hydrogen-bond donors (Lipinski definition) is 1. The normalized spacial score (nSPS) is 11.0. The van der Waals surface area contributed by atoms with Gasteiger partial charge in [-0.05, 0) is 18.2 Å². The Morgan fingerprint density at radius 3 is 2.76 bits per heavy atom. The maximum atomic E-state index is 12.0. The lowest BCUT2D eigenvalue weighted by Crippen LogP contribution is -2.34. The van der Waals surface area contributed by atoms with Crippen molar-refractivity contribution in [3.8, 4) is 6.07 Å². The molecule has 1 rings (SSSR count). The monoisotopic (exact) mass is 331 g/mol. The van der Waals surface area contributed by atoms with E-state index in [0.29, 0.717) is 0 Å². The Morgan fingerprint density at radius 1 is 1.52 bits per heavy atom. The average molecular weight is 332 g/mol. The zero-order valence-electron chi connectivity index (χ0n) is 11.5. The van der Waals surface area contributed by atoms with E-state index in [-0.39, 0.29) is 29.2 Å². The first-order chi connectivity index (χ1) is 9.80. The summed E-state index contributed by atoms with van der Waals surface area (Å²) in [5.74, 6) is -0.504. The van der Waals surface area contributed by atoms with Crippen LogP contribution in [0.4, 0.5) is 5.69 Å². The quantitative estimate of drug-likeness (QED) is 0.793. The molecule has 21 heavy (non-hydrogen) atoms. The molecule has 0 saturated heterocycles. The molecule has 0 aliphatic rings. The molecule has 1 aromatic rings. The van der Waals surface area contributed by atoms with Gasteiger partial charge < -0.3 is 4.74 Å². The minimum Gasteiger partial charge on any atom is -0.469 e. The molecule has 0 unspecified atom stereocenters. The standard InChI is InChI=1S/C12H14ClN3O4S/c1-16(6-5-12(17)20-2)21(18,19)15-10-3-4-11(13)9(7-10)8-14/h3-4,7,15H,5-6H2,1-2H3. The molecule has 1 aromatic carbocycles. The molecule has 7 nitrogen and oxygen atoms in total. The van der Waals surface area contributed by atoms with E-state index in [1.165, 1.54) is 32.4 Å². The van der Waals surface area contributed by atoms with Crippen molar-refractivity contribution in [1.82, 2.24) is 4.31 Å². The molecule has 0 spiro atoms. The summed E-state index contributed by atoms with van der Waals surface area (Å²) >= 11 is 5.77. The third kappa shape index (κ3) is 4.90. The van der Waals surface area contributed by atoms with E-state index in [1.54, 1.807) is 0 Å². The van der Waals surface area contributed by atoms with Gasteiger partial charge in [0, 0.05) is 13.6 Å². The summed E-state index contributed by atoms with van der Waals surface area (Å²) in [5.41, 5.74) is 0.370. The minimum atomic E-state index is -3.83. The number of carbonyl (C=O) groups is 1. The topological polar surface area (TPSA) is 99.5 Å². The Kier molecular flexibility index (Phi) is 5.96. The van der Waals surface area contributed by atoms with E-state index in [2.05, 4.69) is 9.46 Å². The van der Waals surface area contributed by atoms with Crippen molar-refractivity contribution in [3.05, 3.63) is 28.8 Å². The number of halogens is 1. The van der Waals surface area contributed by atoms with Gasteiger partial charge in [0.1, 0.15) is 6.07 Å². The minimum absolute atomic E-state index is 0.0271. The average Bonchev–Trinajstić information content (AvgIpc) is 2.45. The molecule has 0 aliphatic carbocycles. The van der Waals surface area contributed by atoms with Crippen molar-refractivity contribution in [2.45, 2.75) is 6.42 Å². The van der Waals surface area contributed by atoms with Crippen LogP contribution in [0.5, 0.6) is 0 Å². The molecule has 1 N–H and O–H groups in total. The molecule has 0 amide bonds. The summed E-state index contributed by atoms with van der Waals surface area (Å²) in [4.78, 5) is 11.0. The van der Waals surface area contributed by atoms with E-state index in [9.17, 15) is 13.2 Å². The van der Waals surface area contributed by atoms with E-state index in [1.807, 2.05) is 6.07 Å².